The highest BCUT2D eigenvalue weighted by Gasteiger charge is 2.73. The summed E-state index contributed by atoms with van der Waals surface area (Å²) in [6.07, 6.45) is 11.3. The van der Waals surface area contributed by atoms with E-state index in [0.29, 0.717) is 47.7 Å². The van der Waals surface area contributed by atoms with Gasteiger partial charge in [0.25, 0.3) is 0 Å². The molecule has 2 heterocycles. The SMILES string of the molecule is C[C@]12C=CC(=O)C=C1CC[C@@H]1[C@@H]2[C@@H](O)C[C@@]2(C)[C@H]1C[C@H]1CN(c3ccc(CC45CC(NC(=O)OCc6ccc(NC(=O)[C@H](CCC(=O)O)NC(=O)CNC(=O)Cc7ccc(-c8nncnn8)cc7)cc6)(C4)C5)cc3)C[C@]12C(=O)CO. The number of rotatable bonds is 19. The number of ether oxygens (including phenoxy) is 1. The molecule has 1 saturated heterocycles. The molecule has 8 aliphatic rings. The van der Waals surface area contributed by atoms with E-state index in [2.05, 4.69) is 84.7 Å². The van der Waals surface area contributed by atoms with Gasteiger partial charge < -0.3 is 46.2 Å². The highest BCUT2D eigenvalue weighted by atomic mass is 16.5. The van der Waals surface area contributed by atoms with Crippen molar-refractivity contribution in [2.75, 3.05) is 36.5 Å². The summed E-state index contributed by atoms with van der Waals surface area (Å²) >= 11 is 0. The summed E-state index contributed by atoms with van der Waals surface area (Å²) in [5.41, 5.74) is 3.81. The van der Waals surface area contributed by atoms with Gasteiger partial charge in [0, 0.05) is 53.3 Å². The Morgan fingerprint density at radius 3 is 2.29 bits per heavy atom. The Balaban J connectivity index is 0.619. The first-order valence-electron chi connectivity index (χ1n) is 27.6. The predicted molar refractivity (Wildman–Crippen MR) is 290 cm³/mol. The summed E-state index contributed by atoms with van der Waals surface area (Å²) in [5.74, 6) is -2.28. The number of aliphatic carboxylic acids is 1. The van der Waals surface area contributed by atoms with Gasteiger partial charge in [-0.3, -0.25) is 28.8 Å². The number of carbonyl (C=O) groups excluding carboxylic acids is 6. The van der Waals surface area contributed by atoms with Crippen LogP contribution in [0, 0.1) is 45.3 Å². The maximum atomic E-state index is 14.2. The Morgan fingerprint density at radius 2 is 1.59 bits per heavy atom. The van der Waals surface area contributed by atoms with Crippen LogP contribution < -0.4 is 26.2 Å². The number of fused-ring (bicyclic) bond motifs is 7. The summed E-state index contributed by atoms with van der Waals surface area (Å²) in [6.45, 7) is 4.59. The van der Waals surface area contributed by atoms with Crippen molar-refractivity contribution in [1.82, 2.24) is 36.3 Å². The van der Waals surface area contributed by atoms with Gasteiger partial charge in [-0.25, -0.2) is 4.79 Å². The van der Waals surface area contributed by atoms with Crippen molar-refractivity contribution in [3.8, 4) is 11.4 Å². The van der Waals surface area contributed by atoms with Gasteiger partial charge in [-0.05, 0) is 139 Å². The summed E-state index contributed by atoms with van der Waals surface area (Å²) < 4.78 is 5.59. The normalized spacial score (nSPS) is 30.6. The molecule has 4 aromatic rings. The van der Waals surface area contributed by atoms with Gasteiger partial charge in [-0.15, -0.1) is 20.4 Å². The Bertz CT molecular complexity index is 3150. The minimum absolute atomic E-state index is 0.00491. The third-order valence-corrected chi connectivity index (χ3v) is 19.4. The maximum Gasteiger partial charge on any atom is 0.407 e. The number of alkyl carbamates (subject to hydrolysis) is 1. The summed E-state index contributed by atoms with van der Waals surface area (Å²) in [7, 11) is 0. The molecule has 3 aromatic carbocycles. The molecular formula is C60H67N9O11. The van der Waals surface area contributed by atoms with Gasteiger partial charge >= 0.3 is 12.1 Å². The zero-order valence-corrected chi connectivity index (χ0v) is 44.9. The van der Waals surface area contributed by atoms with Crippen LogP contribution in [0.5, 0.6) is 0 Å². The van der Waals surface area contributed by atoms with Crippen molar-refractivity contribution < 1.29 is 53.6 Å². The standard InChI is InChI=1S/C60H67N9O11/c1-56-20-19-43(71)22-39(56)11-16-44-45-23-40-27-69(33-60(40,48(73)28-70)57(45,2)25-47(72)52(44)56)42-14-7-36(8-15-42)24-58-30-59(31-58,32-58)66-55(79)80-29-37-5-12-41(13-6-37)64-54(78)46(17-18-51(76)77)65-50(75)26-61-49(74)21-35-3-9-38(10-4-35)53-67-62-34-63-68-53/h3-10,12-15,19-20,22,34,40,44-47,52,70,72H,11,16-18,21,23-33H2,1-2H3,(H,61,74)(H,64,78)(H,65,75)(H,66,79)(H,76,77)/t40-,44-,45-,46-,47-,52+,56-,57-,58?,59?,60+/m0/s1. The van der Waals surface area contributed by atoms with Crippen molar-refractivity contribution in [3.05, 3.63) is 120 Å². The minimum Gasteiger partial charge on any atom is -0.481 e. The number of aliphatic hydroxyl groups excluding tert-OH is 2. The molecular weight excluding hydrogens is 1020 g/mol. The molecule has 1 aromatic heterocycles. The number of carbonyl (C=O) groups is 7. The fraction of sp³-hybridized carbons (Fsp3) is 0.483. The number of nitrogens with one attached hydrogen (secondary N) is 4. The smallest absolute Gasteiger partial charge is 0.407 e. The van der Waals surface area contributed by atoms with Crippen molar-refractivity contribution in [2.24, 2.45) is 45.3 Å². The molecule has 0 spiro atoms. The summed E-state index contributed by atoms with van der Waals surface area (Å²) in [5, 5.41) is 57.9. The number of benzene rings is 3. The van der Waals surface area contributed by atoms with Crippen LogP contribution in [-0.2, 0) is 53.0 Å². The van der Waals surface area contributed by atoms with Crippen LogP contribution in [0.25, 0.3) is 11.4 Å². The number of aromatic nitrogens is 4. The molecule has 9 atom stereocenters. The fourth-order valence-electron chi connectivity index (χ4n) is 15.9. The van der Waals surface area contributed by atoms with E-state index >= 15 is 0 Å². The lowest BCUT2D eigenvalue weighted by Crippen LogP contribution is -2.75. The Kier molecular flexibility index (Phi) is 14.3. The van der Waals surface area contributed by atoms with Crippen LogP contribution >= 0.6 is 0 Å². The molecule has 80 heavy (non-hydrogen) atoms. The number of hydrogen-bond donors (Lipinski definition) is 7. The molecule has 0 unspecified atom stereocenters. The molecule has 6 saturated carbocycles. The lowest BCUT2D eigenvalue weighted by Gasteiger charge is -2.70. The second kappa shape index (κ2) is 21.1. The number of ketones is 2. The van der Waals surface area contributed by atoms with E-state index in [1.165, 1.54) is 11.9 Å². The number of carboxylic acids is 1. The maximum absolute atomic E-state index is 14.2. The molecule has 7 N–H and O–H groups in total. The molecule has 20 heteroatoms. The first-order chi connectivity index (χ1) is 38.3. The number of carboxylic acid groups (broad SMARTS) is 1. The van der Waals surface area contributed by atoms with Crippen LogP contribution in [0.2, 0.25) is 0 Å². The molecule has 418 valence electrons. The third-order valence-electron chi connectivity index (χ3n) is 19.4. The lowest BCUT2D eigenvalue weighted by atomic mass is 9.38. The average molecular weight is 1090 g/mol. The van der Waals surface area contributed by atoms with Crippen LogP contribution in [0.4, 0.5) is 16.2 Å². The van der Waals surface area contributed by atoms with Gasteiger partial charge in [0.15, 0.2) is 17.9 Å². The van der Waals surface area contributed by atoms with Gasteiger partial charge in [0.2, 0.25) is 23.5 Å². The van der Waals surface area contributed by atoms with Crippen molar-refractivity contribution in [1.29, 1.82) is 0 Å². The van der Waals surface area contributed by atoms with Crippen molar-refractivity contribution in [3.63, 3.8) is 0 Å². The zero-order chi connectivity index (χ0) is 56.2. The van der Waals surface area contributed by atoms with E-state index in [4.69, 9.17) is 4.74 Å². The van der Waals surface area contributed by atoms with E-state index in [0.717, 1.165) is 56.2 Å². The number of amides is 4. The first-order valence-corrected chi connectivity index (χ1v) is 27.6. The van der Waals surface area contributed by atoms with Gasteiger partial charge in [0.05, 0.1) is 24.5 Å². The molecule has 12 rings (SSSR count). The van der Waals surface area contributed by atoms with E-state index in [1.807, 2.05) is 6.08 Å². The van der Waals surface area contributed by atoms with Crippen LogP contribution in [0.1, 0.15) is 88.3 Å². The Morgan fingerprint density at radius 1 is 0.887 bits per heavy atom. The Hall–Kier alpha value is -7.71. The number of anilines is 2. The summed E-state index contributed by atoms with van der Waals surface area (Å²) in [4.78, 5) is 92.0. The summed E-state index contributed by atoms with van der Waals surface area (Å²) in [6, 6.07) is 20.8. The zero-order valence-electron chi connectivity index (χ0n) is 44.9. The van der Waals surface area contributed by atoms with Crippen LogP contribution in [0.3, 0.4) is 0 Å². The van der Waals surface area contributed by atoms with Gasteiger partial charge in [-0.2, -0.15) is 0 Å². The molecule has 7 fully saturated rings. The molecule has 1 aliphatic heterocycles. The lowest BCUT2D eigenvalue weighted by molar-refractivity contribution is -0.157. The van der Waals surface area contributed by atoms with Crippen LogP contribution in [0.15, 0.2) is 103 Å². The van der Waals surface area contributed by atoms with E-state index in [-0.39, 0.29) is 65.6 Å². The second-order valence-corrected chi connectivity index (χ2v) is 24.2. The quantitative estimate of drug-likeness (QED) is 0.0661. The van der Waals surface area contributed by atoms with E-state index in [9.17, 15) is 48.9 Å². The minimum atomic E-state index is -1.21. The topological polar surface area (TPSA) is 292 Å². The Labute approximate surface area is 462 Å². The number of allylic oxidation sites excluding steroid dienone is 4. The fourth-order valence-corrected chi connectivity index (χ4v) is 15.9. The molecule has 7 aliphatic carbocycles. The van der Waals surface area contributed by atoms with Crippen molar-refractivity contribution in [2.45, 2.75) is 109 Å². The molecule has 4 amide bonds. The molecule has 0 radical (unpaired) electrons. The van der Waals surface area contributed by atoms with Crippen molar-refractivity contribution >= 4 is 52.7 Å². The number of nitrogens with zero attached hydrogens (tertiary/aromatic N) is 5. The number of hydrogen-bond acceptors (Lipinski definition) is 15. The van der Waals surface area contributed by atoms with Gasteiger partial charge in [-0.1, -0.05) is 74.0 Å². The average Bonchev–Trinajstić information content (AvgIpc) is 4.07. The van der Waals surface area contributed by atoms with E-state index < -0.39 is 77.7 Å². The third kappa shape index (κ3) is 10.0. The monoisotopic (exact) mass is 1090 g/mol. The first kappa shape index (κ1) is 54.3. The van der Waals surface area contributed by atoms with Crippen LogP contribution in [-0.4, -0.2) is 121 Å². The second-order valence-electron chi connectivity index (χ2n) is 24.2. The highest BCUT2D eigenvalue weighted by molar-refractivity contribution is 6.01. The molecule has 20 nitrogen and oxygen atoms in total. The van der Waals surface area contributed by atoms with Gasteiger partial charge in [0.1, 0.15) is 19.3 Å². The predicted octanol–water partition coefficient (Wildman–Crippen LogP) is 4.84. The number of aliphatic hydroxyl groups is 2. The molecule has 2 bridgehead atoms. The highest BCUT2D eigenvalue weighted by Crippen LogP contribution is 2.73. The van der Waals surface area contributed by atoms with E-state index in [1.54, 1.807) is 60.7 Å². The largest absolute Gasteiger partial charge is 0.481 e. The number of Topliss-reactive ketones (excluding diaryl/α,β-unsaturated/α-hetero) is 1.